The highest BCUT2D eigenvalue weighted by molar-refractivity contribution is 6.24. The molecule has 8 bridgehead atoms. The molecule has 4 atom stereocenters. The van der Waals surface area contributed by atoms with Gasteiger partial charge in [-0.2, -0.15) is 52.7 Å². The first-order chi connectivity index (χ1) is 16.4. The van der Waals surface area contributed by atoms with Crippen molar-refractivity contribution in [2.45, 2.75) is 107 Å². The van der Waals surface area contributed by atoms with Crippen molar-refractivity contribution in [2.24, 2.45) is 38.4 Å². The molecule has 13 heteroatoms. The SMILES string of the molecule is FC(F)(F)C12CC3CC(C(F)(F)F)(C1)CC(C14CC5(Cl)CC(C(F)(F)F)(CC(C(F)(F)F)(C5)C1)C4)(C3)C2. The van der Waals surface area contributed by atoms with Gasteiger partial charge in [-0.05, 0) is 93.8 Å². The van der Waals surface area contributed by atoms with Gasteiger partial charge in [-0.1, -0.05) is 0 Å². The highest BCUT2D eigenvalue weighted by atomic mass is 35.5. The minimum Gasteiger partial charge on any atom is -0.171 e. The fourth-order valence-electron chi connectivity index (χ4n) is 11.3. The van der Waals surface area contributed by atoms with Crippen molar-refractivity contribution in [1.82, 2.24) is 0 Å². The van der Waals surface area contributed by atoms with E-state index in [1.165, 1.54) is 0 Å². The summed E-state index contributed by atoms with van der Waals surface area (Å²) >= 11 is 6.56. The van der Waals surface area contributed by atoms with Gasteiger partial charge in [-0.3, -0.25) is 0 Å². The third-order valence-electron chi connectivity index (χ3n) is 11.6. The Bertz CT molecular complexity index is 959. The third kappa shape index (κ3) is 3.08. The first-order valence-corrected chi connectivity index (χ1v) is 12.7. The Kier molecular flexibility index (Phi) is 4.68. The van der Waals surface area contributed by atoms with Gasteiger partial charge in [-0.15, -0.1) is 11.6 Å². The van der Waals surface area contributed by atoms with E-state index in [2.05, 4.69) is 0 Å². The predicted octanol–water partition coefficient (Wildman–Crippen LogP) is 9.51. The Morgan fingerprint density at radius 3 is 1.14 bits per heavy atom. The molecule has 212 valence electrons. The lowest BCUT2D eigenvalue weighted by Crippen LogP contribution is -2.75. The van der Waals surface area contributed by atoms with E-state index < -0.39 is 139 Å². The smallest absolute Gasteiger partial charge is 0.171 e. The molecule has 4 unspecified atom stereocenters. The Labute approximate surface area is 209 Å². The Morgan fingerprint density at radius 2 is 0.757 bits per heavy atom. The van der Waals surface area contributed by atoms with Crippen LogP contribution in [0, 0.1) is 38.4 Å². The lowest BCUT2D eigenvalue weighted by Gasteiger charge is -2.78. The Morgan fingerprint density at radius 1 is 0.405 bits per heavy atom. The second kappa shape index (κ2) is 6.50. The van der Waals surface area contributed by atoms with Crippen molar-refractivity contribution in [3.8, 4) is 0 Å². The van der Waals surface area contributed by atoms with E-state index in [9.17, 15) is 52.7 Å². The minimum absolute atomic E-state index is 0.225. The van der Waals surface area contributed by atoms with Crippen molar-refractivity contribution in [3.05, 3.63) is 0 Å². The molecule has 8 aliphatic carbocycles. The third-order valence-corrected chi connectivity index (χ3v) is 12.0. The number of hydrogen-bond donors (Lipinski definition) is 0. The number of hydrogen-bond acceptors (Lipinski definition) is 0. The molecule has 0 spiro atoms. The van der Waals surface area contributed by atoms with Crippen molar-refractivity contribution >= 4 is 11.6 Å². The van der Waals surface area contributed by atoms with Gasteiger partial charge in [0.25, 0.3) is 0 Å². The first-order valence-electron chi connectivity index (χ1n) is 12.4. The fourth-order valence-corrected chi connectivity index (χ4v) is 12.1. The zero-order valence-electron chi connectivity index (χ0n) is 19.5. The maximum Gasteiger partial charge on any atom is 0.394 e. The van der Waals surface area contributed by atoms with Crippen molar-refractivity contribution < 1.29 is 52.7 Å². The van der Waals surface area contributed by atoms with E-state index in [4.69, 9.17) is 11.6 Å². The second-order valence-corrected chi connectivity index (χ2v) is 14.7. The molecule has 0 aliphatic heterocycles. The van der Waals surface area contributed by atoms with E-state index in [0.717, 1.165) is 0 Å². The van der Waals surface area contributed by atoms with Crippen LogP contribution in [0.15, 0.2) is 0 Å². The molecule has 0 nitrogen and oxygen atoms in total. The van der Waals surface area contributed by atoms with Gasteiger partial charge in [0.05, 0.1) is 21.7 Å². The molecule has 0 N–H and O–H groups in total. The van der Waals surface area contributed by atoms with Crippen LogP contribution in [-0.2, 0) is 0 Å². The average Bonchev–Trinajstić information content (AvgIpc) is 2.61. The Balaban J connectivity index is 1.59. The molecule has 8 aliphatic rings. The van der Waals surface area contributed by atoms with Gasteiger partial charge in [0.1, 0.15) is 0 Å². The van der Waals surface area contributed by atoms with Gasteiger partial charge in [-0.25, -0.2) is 0 Å². The molecule has 0 heterocycles. The molecule has 0 radical (unpaired) electrons. The number of alkyl halides is 13. The monoisotopic (exact) mass is 576 g/mol. The summed E-state index contributed by atoms with van der Waals surface area (Å²) in [5.41, 5.74) is -15.4. The normalized spacial score (nSPS) is 53.3. The predicted molar refractivity (Wildman–Crippen MR) is 106 cm³/mol. The van der Waals surface area contributed by atoms with Gasteiger partial charge < -0.3 is 0 Å². The molecule has 8 saturated carbocycles. The Hall–Kier alpha value is -0.550. The number of halogens is 13. The summed E-state index contributed by atoms with van der Waals surface area (Å²) in [5.74, 6) is -1.08. The highest BCUT2D eigenvalue weighted by Crippen LogP contribution is 2.87. The van der Waals surface area contributed by atoms with Gasteiger partial charge in [0.2, 0.25) is 0 Å². The van der Waals surface area contributed by atoms with E-state index in [0.29, 0.717) is 0 Å². The molecular formula is C24H25ClF12. The van der Waals surface area contributed by atoms with Crippen LogP contribution in [0.2, 0.25) is 0 Å². The minimum atomic E-state index is -5.14. The lowest BCUT2D eigenvalue weighted by molar-refractivity contribution is -0.399. The zero-order chi connectivity index (χ0) is 27.6. The fraction of sp³-hybridized carbons (Fsp3) is 1.00. The lowest BCUT2D eigenvalue weighted by atomic mass is 9.27. The van der Waals surface area contributed by atoms with Crippen LogP contribution in [0.4, 0.5) is 52.7 Å². The van der Waals surface area contributed by atoms with E-state index in [1.54, 1.807) is 0 Å². The standard InChI is InChI=1S/C24H25ClF12/c25-20-10-17(7-18(11-20,23(32,33)34)9-19(8-17,12-20)24(35,36)37)14-1-13-2-15(4-14,21(26,27)28)6-16(3-13,5-14)22(29,30)31/h13H,1-12H2. The van der Waals surface area contributed by atoms with Crippen LogP contribution < -0.4 is 0 Å². The van der Waals surface area contributed by atoms with E-state index in [1.807, 2.05) is 0 Å². The van der Waals surface area contributed by atoms with Crippen LogP contribution >= 0.6 is 11.6 Å². The van der Waals surface area contributed by atoms with Crippen molar-refractivity contribution in [1.29, 1.82) is 0 Å². The van der Waals surface area contributed by atoms with Crippen molar-refractivity contribution in [2.75, 3.05) is 0 Å². The number of rotatable bonds is 1. The van der Waals surface area contributed by atoms with Crippen molar-refractivity contribution in [3.63, 3.8) is 0 Å². The van der Waals surface area contributed by atoms with E-state index in [-0.39, 0.29) is 6.42 Å². The average molecular weight is 577 g/mol. The van der Waals surface area contributed by atoms with E-state index >= 15 is 0 Å². The summed E-state index contributed by atoms with van der Waals surface area (Å²) in [6.45, 7) is 0. The maximum absolute atomic E-state index is 14.6. The van der Waals surface area contributed by atoms with Gasteiger partial charge in [0.15, 0.2) is 0 Å². The van der Waals surface area contributed by atoms with Crippen LogP contribution in [0.3, 0.4) is 0 Å². The molecule has 37 heavy (non-hydrogen) atoms. The summed E-state index contributed by atoms with van der Waals surface area (Å²) < 4.78 is 175. The molecule has 0 aromatic rings. The van der Waals surface area contributed by atoms with Crippen LogP contribution in [0.5, 0.6) is 0 Å². The maximum atomic E-state index is 14.6. The van der Waals surface area contributed by atoms with Crippen LogP contribution in [-0.4, -0.2) is 29.6 Å². The highest BCUT2D eigenvalue weighted by Gasteiger charge is 2.85. The van der Waals surface area contributed by atoms with Crippen LogP contribution in [0.1, 0.15) is 77.0 Å². The van der Waals surface area contributed by atoms with Crippen LogP contribution in [0.25, 0.3) is 0 Å². The molecule has 0 aromatic heterocycles. The molecule has 8 fully saturated rings. The first kappa shape index (κ1) is 26.7. The molecule has 8 rings (SSSR count). The quantitative estimate of drug-likeness (QED) is 0.215. The summed E-state index contributed by atoms with van der Waals surface area (Å²) in [6, 6.07) is 0. The summed E-state index contributed by atoms with van der Waals surface area (Å²) in [4.78, 5) is -2.00. The molecular weight excluding hydrogens is 552 g/mol. The largest absolute Gasteiger partial charge is 0.394 e. The second-order valence-electron chi connectivity index (χ2n) is 13.9. The summed E-state index contributed by atoms with van der Waals surface area (Å²) in [5, 5.41) is 0. The summed E-state index contributed by atoms with van der Waals surface area (Å²) in [7, 11) is 0. The topological polar surface area (TPSA) is 0 Å². The molecule has 0 aromatic carbocycles. The summed E-state index contributed by atoms with van der Waals surface area (Å²) in [6.07, 6.45) is -29.9. The molecule has 0 amide bonds. The van der Waals surface area contributed by atoms with Gasteiger partial charge >= 0.3 is 24.7 Å². The van der Waals surface area contributed by atoms with Gasteiger partial charge in [0, 0.05) is 4.87 Å². The zero-order valence-corrected chi connectivity index (χ0v) is 20.2. The molecule has 0 saturated heterocycles.